The van der Waals surface area contributed by atoms with Crippen molar-refractivity contribution in [1.29, 1.82) is 0 Å². The van der Waals surface area contributed by atoms with Gasteiger partial charge in [-0.1, -0.05) is 31.0 Å². The van der Waals surface area contributed by atoms with Crippen molar-refractivity contribution < 1.29 is 19.5 Å². The summed E-state index contributed by atoms with van der Waals surface area (Å²) in [5, 5.41) is 9.62. The number of benzene rings is 1. The molecule has 2 aliphatic heterocycles. The molecule has 1 aliphatic carbocycles. The fraction of sp³-hybridized carbons (Fsp3) is 0.609. The van der Waals surface area contributed by atoms with E-state index in [1.54, 1.807) is 11.8 Å². The molecule has 1 aromatic rings. The number of carboxylic acids is 1. The summed E-state index contributed by atoms with van der Waals surface area (Å²) in [6.07, 6.45) is 6.19. The van der Waals surface area contributed by atoms with E-state index in [-0.39, 0.29) is 24.4 Å². The highest BCUT2D eigenvalue weighted by atomic mass is 16.4. The number of nitrogens with zero attached hydrogens (tertiary/aromatic N) is 2. The highest BCUT2D eigenvalue weighted by Crippen LogP contribution is 2.42. The number of likely N-dealkylation sites (tertiary alicyclic amines) is 2. The van der Waals surface area contributed by atoms with Gasteiger partial charge in [-0.25, -0.2) is 0 Å². The van der Waals surface area contributed by atoms with E-state index in [0.717, 1.165) is 25.7 Å². The molecule has 1 saturated carbocycles. The van der Waals surface area contributed by atoms with E-state index in [0.29, 0.717) is 37.3 Å². The van der Waals surface area contributed by atoms with E-state index >= 15 is 0 Å². The van der Waals surface area contributed by atoms with Gasteiger partial charge in [-0.05, 0) is 57.1 Å². The maximum atomic E-state index is 13.5. The van der Waals surface area contributed by atoms with Gasteiger partial charge in [0.2, 0.25) is 5.91 Å². The maximum Gasteiger partial charge on any atom is 0.311 e. The molecule has 0 bridgehead atoms. The molecule has 2 amide bonds. The van der Waals surface area contributed by atoms with Gasteiger partial charge in [0.1, 0.15) is 6.04 Å². The van der Waals surface area contributed by atoms with Crippen LogP contribution in [0.1, 0.15) is 62.2 Å². The molecular weight excluding hydrogens is 368 g/mol. The summed E-state index contributed by atoms with van der Waals surface area (Å²) in [5.41, 5.74) is -0.293. The van der Waals surface area contributed by atoms with Crippen molar-refractivity contribution in [2.45, 2.75) is 64.0 Å². The first-order valence-electron chi connectivity index (χ1n) is 10.8. The molecule has 3 fully saturated rings. The van der Waals surface area contributed by atoms with Crippen molar-refractivity contribution in [3.63, 3.8) is 0 Å². The summed E-state index contributed by atoms with van der Waals surface area (Å²) < 4.78 is 0. The number of carbonyl (C=O) groups excluding carboxylic acids is 2. The fourth-order valence-electron chi connectivity index (χ4n) is 5.52. The minimum Gasteiger partial charge on any atom is -0.481 e. The lowest BCUT2D eigenvalue weighted by Gasteiger charge is -2.40. The van der Waals surface area contributed by atoms with Gasteiger partial charge in [0.15, 0.2) is 0 Å². The number of piperidine rings is 1. The molecule has 2 heterocycles. The summed E-state index contributed by atoms with van der Waals surface area (Å²) in [4.78, 5) is 42.2. The van der Waals surface area contributed by atoms with Crippen molar-refractivity contribution in [3.8, 4) is 0 Å². The molecule has 4 rings (SSSR count). The third-order valence-corrected chi connectivity index (χ3v) is 7.15. The SMILES string of the molecule is CC1(C(=O)O)CCCN(C(=O)C2CC3CCCCC3N2C(=O)c2ccccc2)C1. The van der Waals surface area contributed by atoms with E-state index in [4.69, 9.17) is 0 Å². The Morgan fingerprint density at radius 1 is 1.07 bits per heavy atom. The van der Waals surface area contributed by atoms with Gasteiger partial charge in [-0.2, -0.15) is 0 Å². The number of amides is 2. The van der Waals surface area contributed by atoms with Crippen LogP contribution in [0.25, 0.3) is 0 Å². The maximum absolute atomic E-state index is 13.5. The molecule has 0 radical (unpaired) electrons. The molecule has 4 atom stereocenters. The highest BCUT2D eigenvalue weighted by molar-refractivity contribution is 5.98. The van der Waals surface area contributed by atoms with Gasteiger partial charge in [0.25, 0.3) is 5.91 Å². The second-order valence-electron chi connectivity index (χ2n) is 9.17. The van der Waals surface area contributed by atoms with Gasteiger partial charge in [0, 0.05) is 24.7 Å². The highest BCUT2D eigenvalue weighted by Gasteiger charge is 2.50. The van der Waals surface area contributed by atoms with Gasteiger partial charge in [-0.15, -0.1) is 0 Å². The zero-order valence-electron chi connectivity index (χ0n) is 17.0. The Bertz CT molecular complexity index is 795. The average Bonchev–Trinajstić information content (AvgIpc) is 3.12. The number of carbonyl (C=O) groups is 3. The molecule has 6 nitrogen and oxygen atoms in total. The third kappa shape index (κ3) is 3.65. The Morgan fingerprint density at radius 3 is 2.52 bits per heavy atom. The van der Waals surface area contributed by atoms with E-state index < -0.39 is 17.4 Å². The van der Waals surface area contributed by atoms with Gasteiger partial charge < -0.3 is 14.9 Å². The van der Waals surface area contributed by atoms with Crippen molar-refractivity contribution >= 4 is 17.8 Å². The lowest BCUT2D eigenvalue weighted by atomic mass is 9.81. The zero-order valence-corrected chi connectivity index (χ0v) is 17.0. The Labute approximate surface area is 171 Å². The quantitative estimate of drug-likeness (QED) is 0.848. The van der Waals surface area contributed by atoms with Crippen molar-refractivity contribution in [2.24, 2.45) is 11.3 Å². The molecule has 1 N–H and O–H groups in total. The average molecular weight is 399 g/mol. The molecule has 6 heteroatoms. The first-order valence-corrected chi connectivity index (χ1v) is 10.8. The summed E-state index contributed by atoms with van der Waals surface area (Å²) in [6.45, 7) is 2.51. The van der Waals surface area contributed by atoms with Crippen molar-refractivity contribution in [3.05, 3.63) is 35.9 Å². The smallest absolute Gasteiger partial charge is 0.311 e. The van der Waals surface area contributed by atoms with Gasteiger partial charge in [-0.3, -0.25) is 14.4 Å². The van der Waals surface area contributed by atoms with Crippen molar-refractivity contribution in [2.75, 3.05) is 13.1 Å². The van der Waals surface area contributed by atoms with Crippen LogP contribution in [-0.2, 0) is 9.59 Å². The van der Waals surface area contributed by atoms with E-state index in [1.165, 1.54) is 0 Å². The number of carboxylic acid groups (broad SMARTS) is 1. The van der Waals surface area contributed by atoms with Crippen LogP contribution in [0.2, 0.25) is 0 Å². The molecule has 29 heavy (non-hydrogen) atoms. The number of hydrogen-bond donors (Lipinski definition) is 1. The molecule has 156 valence electrons. The van der Waals surface area contributed by atoms with Crippen LogP contribution < -0.4 is 0 Å². The normalized spacial score (nSPS) is 32.0. The van der Waals surface area contributed by atoms with E-state index in [2.05, 4.69) is 0 Å². The molecule has 3 aliphatic rings. The molecule has 1 aromatic carbocycles. The van der Waals surface area contributed by atoms with E-state index in [1.807, 2.05) is 35.2 Å². The van der Waals surface area contributed by atoms with Crippen LogP contribution in [0.5, 0.6) is 0 Å². The topological polar surface area (TPSA) is 77.9 Å². The number of rotatable bonds is 3. The Kier molecular flexibility index (Phi) is 5.36. The summed E-state index contributed by atoms with van der Waals surface area (Å²) >= 11 is 0. The third-order valence-electron chi connectivity index (χ3n) is 7.15. The Morgan fingerprint density at radius 2 is 1.79 bits per heavy atom. The number of hydrogen-bond acceptors (Lipinski definition) is 3. The van der Waals surface area contributed by atoms with Gasteiger partial charge in [0.05, 0.1) is 5.41 Å². The molecule has 0 spiro atoms. The van der Waals surface area contributed by atoms with Crippen LogP contribution in [0.15, 0.2) is 30.3 Å². The Hall–Kier alpha value is -2.37. The zero-order chi connectivity index (χ0) is 20.6. The predicted molar refractivity (Wildman–Crippen MR) is 108 cm³/mol. The lowest BCUT2D eigenvalue weighted by Crippen LogP contribution is -2.55. The minimum absolute atomic E-state index is 0.0728. The summed E-state index contributed by atoms with van der Waals surface area (Å²) in [6, 6.07) is 8.83. The van der Waals surface area contributed by atoms with Crippen LogP contribution in [0, 0.1) is 11.3 Å². The largest absolute Gasteiger partial charge is 0.481 e. The monoisotopic (exact) mass is 398 g/mol. The second-order valence-corrected chi connectivity index (χ2v) is 9.17. The number of fused-ring (bicyclic) bond motifs is 1. The molecule has 4 unspecified atom stereocenters. The fourth-order valence-corrected chi connectivity index (χ4v) is 5.52. The summed E-state index contributed by atoms with van der Waals surface area (Å²) in [5.74, 6) is -0.638. The molecule has 0 aromatic heterocycles. The molecular formula is C23H30N2O4. The lowest BCUT2D eigenvalue weighted by molar-refractivity contribution is -0.154. The summed E-state index contributed by atoms with van der Waals surface area (Å²) in [7, 11) is 0. The first kappa shape index (κ1) is 19.9. The van der Waals surface area contributed by atoms with Crippen LogP contribution in [0.3, 0.4) is 0 Å². The second kappa shape index (κ2) is 7.81. The van der Waals surface area contributed by atoms with Crippen LogP contribution >= 0.6 is 0 Å². The number of aliphatic carboxylic acids is 1. The molecule has 2 saturated heterocycles. The first-order chi connectivity index (χ1) is 13.9. The Balaban J connectivity index is 1.61. The predicted octanol–water partition coefficient (Wildman–Crippen LogP) is 3.17. The van der Waals surface area contributed by atoms with E-state index in [9.17, 15) is 19.5 Å². The minimum atomic E-state index is -0.909. The standard InChI is InChI=1S/C23H30N2O4/c1-23(22(28)29)12-7-13-24(15-23)21(27)19-14-17-10-5-6-11-18(17)25(19)20(26)16-8-3-2-4-9-16/h2-4,8-9,17-19H,5-7,10-15H2,1H3,(H,28,29). The van der Waals surface area contributed by atoms with Crippen LogP contribution in [-0.4, -0.2) is 57.9 Å². The van der Waals surface area contributed by atoms with Gasteiger partial charge >= 0.3 is 5.97 Å². The van der Waals surface area contributed by atoms with Crippen molar-refractivity contribution in [1.82, 2.24) is 9.80 Å². The van der Waals surface area contributed by atoms with Crippen LogP contribution in [0.4, 0.5) is 0 Å².